The van der Waals surface area contributed by atoms with E-state index in [-0.39, 0.29) is 23.2 Å². The third-order valence-electron chi connectivity index (χ3n) is 7.17. The number of halogens is 1. The minimum atomic E-state index is -0.317. The summed E-state index contributed by atoms with van der Waals surface area (Å²) >= 11 is 1.28. The number of pyridine rings is 1. The fraction of sp³-hybridized carbons (Fsp3) is 0.323. The number of hydrogen-bond donors (Lipinski definition) is 0. The lowest BCUT2D eigenvalue weighted by Crippen LogP contribution is -2.48. The molecule has 0 aliphatic carbocycles. The number of thioether (sulfide) groups is 1. The lowest BCUT2D eigenvalue weighted by atomic mass is 9.79. The Morgan fingerprint density at radius 2 is 1.97 bits per heavy atom. The number of amidine groups is 1. The molecule has 5 rings (SSSR count). The van der Waals surface area contributed by atoms with E-state index in [1.165, 1.54) is 11.8 Å². The van der Waals surface area contributed by atoms with Crippen LogP contribution < -0.4 is 4.90 Å². The summed E-state index contributed by atoms with van der Waals surface area (Å²) in [6.07, 6.45) is 7.11. The zero-order chi connectivity index (χ0) is 26.9. The number of rotatable bonds is 6. The van der Waals surface area contributed by atoms with Crippen LogP contribution in [0.2, 0.25) is 0 Å². The Balaban J connectivity index is 1.53. The van der Waals surface area contributed by atoms with Crippen molar-refractivity contribution in [2.24, 2.45) is 4.99 Å². The van der Waals surface area contributed by atoms with Crippen molar-refractivity contribution in [1.29, 1.82) is 0 Å². The first-order valence-corrected chi connectivity index (χ1v) is 13.9. The normalized spacial score (nSPS) is 20.9. The van der Waals surface area contributed by atoms with E-state index >= 15 is 4.39 Å². The highest BCUT2D eigenvalue weighted by atomic mass is 32.2. The van der Waals surface area contributed by atoms with Crippen LogP contribution in [0.4, 0.5) is 15.8 Å². The van der Waals surface area contributed by atoms with Gasteiger partial charge in [-0.15, -0.1) is 0 Å². The van der Waals surface area contributed by atoms with Gasteiger partial charge in [0, 0.05) is 35.7 Å². The molecule has 38 heavy (non-hydrogen) atoms. The standard InChI is InChI=1S/C31H33FN4OS/c1-5-14-36-27-17-26(32)23(15-25(27)21(2)18-31(36,3)4)16-28-29(37)35(20-22-10-9-13-33-19-22)30(38-28)34-24-11-7-6-8-12-24/h6-13,15-17,19,21H,5,14,18,20H2,1-4H3/b28-16+,34-30?. The summed E-state index contributed by atoms with van der Waals surface area (Å²) in [5.74, 6) is -0.217. The average Bonchev–Trinajstić information content (AvgIpc) is 3.17. The summed E-state index contributed by atoms with van der Waals surface area (Å²) in [6.45, 7) is 10.0. The van der Waals surface area contributed by atoms with Crippen molar-refractivity contribution < 1.29 is 9.18 Å². The SMILES string of the molecule is CCCN1c2cc(F)c(/C=C3/SC(=Nc4ccccc4)N(Cc4cccnc4)C3=O)cc2C(C)CC1(C)C. The number of benzene rings is 2. The first-order chi connectivity index (χ1) is 18.3. The predicted octanol–water partition coefficient (Wildman–Crippen LogP) is 7.53. The molecule has 3 aromatic rings. The van der Waals surface area contributed by atoms with E-state index in [0.717, 1.165) is 41.9 Å². The second kappa shape index (κ2) is 10.7. The molecule has 196 valence electrons. The number of para-hydroxylation sites is 1. The highest BCUT2D eigenvalue weighted by molar-refractivity contribution is 8.18. The van der Waals surface area contributed by atoms with Gasteiger partial charge in [-0.25, -0.2) is 9.38 Å². The average molecular weight is 529 g/mol. The van der Waals surface area contributed by atoms with Gasteiger partial charge in [0.1, 0.15) is 5.82 Å². The number of carbonyl (C=O) groups excluding carboxylic acids is 1. The Hall–Kier alpha value is -3.45. The fourth-order valence-electron chi connectivity index (χ4n) is 5.44. The lowest BCUT2D eigenvalue weighted by Gasteiger charge is -2.47. The second-order valence-electron chi connectivity index (χ2n) is 10.6. The fourth-order valence-corrected chi connectivity index (χ4v) is 6.43. The first kappa shape index (κ1) is 26.2. The highest BCUT2D eigenvalue weighted by Crippen LogP contribution is 2.45. The monoisotopic (exact) mass is 528 g/mol. The van der Waals surface area contributed by atoms with Crippen LogP contribution in [-0.4, -0.2) is 33.0 Å². The smallest absolute Gasteiger partial charge is 0.267 e. The van der Waals surface area contributed by atoms with Crippen molar-refractivity contribution in [1.82, 2.24) is 9.88 Å². The van der Waals surface area contributed by atoms with Gasteiger partial charge in [-0.2, -0.15) is 0 Å². The van der Waals surface area contributed by atoms with E-state index in [4.69, 9.17) is 4.99 Å². The molecule has 2 aliphatic heterocycles. The summed E-state index contributed by atoms with van der Waals surface area (Å²) < 4.78 is 15.6. The van der Waals surface area contributed by atoms with Crippen LogP contribution in [0.3, 0.4) is 0 Å². The molecule has 1 fully saturated rings. The summed E-state index contributed by atoms with van der Waals surface area (Å²) in [6, 6.07) is 16.9. The number of nitrogens with zero attached hydrogens (tertiary/aromatic N) is 4. The van der Waals surface area contributed by atoms with Crippen molar-refractivity contribution in [3.8, 4) is 0 Å². The lowest BCUT2D eigenvalue weighted by molar-refractivity contribution is -0.122. The zero-order valence-electron chi connectivity index (χ0n) is 22.3. The minimum Gasteiger partial charge on any atom is -0.366 e. The van der Waals surface area contributed by atoms with Crippen LogP contribution in [0.5, 0.6) is 0 Å². The Morgan fingerprint density at radius 1 is 1.18 bits per heavy atom. The quantitative estimate of drug-likeness (QED) is 0.310. The van der Waals surface area contributed by atoms with Gasteiger partial charge in [0.05, 0.1) is 17.1 Å². The molecular weight excluding hydrogens is 495 g/mol. The maximum absolute atomic E-state index is 15.6. The van der Waals surface area contributed by atoms with E-state index in [2.05, 4.69) is 37.6 Å². The van der Waals surface area contributed by atoms with Gasteiger partial charge in [-0.05, 0) is 91.9 Å². The van der Waals surface area contributed by atoms with E-state index in [1.807, 2.05) is 48.5 Å². The molecule has 1 unspecified atom stereocenters. The zero-order valence-corrected chi connectivity index (χ0v) is 23.1. The van der Waals surface area contributed by atoms with Gasteiger partial charge >= 0.3 is 0 Å². The molecular formula is C31H33FN4OS. The van der Waals surface area contributed by atoms with Crippen LogP contribution in [0, 0.1) is 5.82 Å². The molecule has 5 nitrogen and oxygen atoms in total. The molecule has 0 radical (unpaired) electrons. The second-order valence-corrected chi connectivity index (χ2v) is 11.6. The number of hydrogen-bond acceptors (Lipinski definition) is 5. The topological polar surface area (TPSA) is 48.8 Å². The van der Waals surface area contributed by atoms with E-state index in [9.17, 15) is 4.79 Å². The molecule has 1 atom stereocenters. The molecule has 1 aromatic heterocycles. The van der Waals surface area contributed by atoms with Crippen LogP contribution in [0.25, 0.3) is 6.08 Å². The number of fused-ring (bicyclic) bond motifs is 1. The van der Waals surface area contributed by atoms with Crippen molar-refractivity contribution in [2.45, 2.75) is 58.5 Å². The van der Waals surface area contributed by atoms with Gasteiger partial charge in [0.25, 0.3) is 5.91 Å². The maximum atomic E-state index is 15.6. The van der Waals surface area contributed by atoms with E-state index in [0.29, 0.717) is 22.2 Å². The Bertz CT molecular complexity index is 1390. The summed E-state index contributed by atoms with van der Waals surface area (Å²) in [5.41, 5.74) is 4.15. The third-order valence-corrected chi connectivity index (χ3v) is 8.18. The number of anilines is 1. The molecule has 0 N–H and O–H groups in total. The van der Waals surface area contributed by atoms with Crippen molar-refractivity contribution in [2.75, 3.05) is 11.4 Å². The largest absolute Gasteiger partial charge is 0.366 e. The first-order valence-electron chi connectivity index (χ1n) is 13.1. The predicted molar refractivity (Wildman–Crippen MR) is 155 cm³/mol. The summed E-state index contributed by atoms with van der Waals surface area (Å²) in [5, 5.41) is 0.568. The van der Waals surface area contributed by atoms with Gasteiger partial charge in [-0.3, -0.25) is 14.7 Å². The van der Waals surface area contributed by atoms with Gasteiger partial charge in [-0.1, -0.05) is 38.1 Å². The highest BCUT2D eigenvalue weighted by Gasteiger charge is 2.37. The number of amides is 1. The Labute approximate surface area is 228 Å². The van der Waals surface area contributed by atoms with Crippen molar-refractivity contribution in [3.05, 3.63) is 94.4 Å². The van der Waals surface area contributed by atoms with Crippen molar-refractivity contribution >= 4 is 40.3 Å². The third kappa shape index (κ3) is 5.25. The van der Waals surface area contributed by atoms with Crippen LogP contribution in [-0.2, 0) is 11.3 Å². The van der Waals surface area contributed by atoms with E-state index in [1.54, 1.807) is 29.4 Å². The summed E-state index contributed by atoms with van der Waals surface area (Å²) in [4.78, 5) is 27.0. The van der Waals surface area contributed by atoms with Crippen molar-refractivity contribution in [3.63, 3.8) is 0 Å². The maximum Gasteiger partial charge on any atom is 0.267 e. The van der Waals surface area contributed by atoms with Gasteiger partial charge < -0.3 is 4.90 Å². The Morgan fingerprint density at radius 3 is 2.68 bits per heavy atom. The molecule has 2 aromatic carbocycles. The number of aromatic nitrogens is 1. The van der Waals surface area contributed by atoms with Gasteiger partial charge in [0.15, 0.2) is 5.17 Å². The molecule has 0 saturated carbocycles. The molecule has 2 aliphatic rings. The van der Waals surface area contributed by atoms with E-state index < -0.39 is 0 Å². The summed E-state index contributed by atoms with van der Waals surface area (Å²) in [7, 11) is 0. The van der Waals surface area contributed by atoms with Crippen LogP contribution in [0.15, 0.2) is 76.9 Å². The molecule has 1 saturated heterocycles. The van der Waals surface area contributed by atoms with Crippen LogP contribution in [0.1, 0.15) is 63.1 Å². The van der Waals surface area contributed by atoms with Crippen LogP contribution >= 0.6 is 11.8 Å². The molecule has 1 amide bonds. The molecule has 0 bridgehead atoms. The molecule has 0 spiro atoms. The number of carbonyl (C=O) groups is 1. The molecule has 3 heterocycles. The number of aliphatic imine (C=N–C) groups is 1. The Kier molecular flexibility index (Phi) is 7.39. The molecule has 7 heteroatoms. The minimum absolute atomic E-state index is 0.0400. The van der Waals surface area contributed by atoms with Gasteiger partial charge in [0.2, 0.25) is 0 Å².